The maximum Gasteiger partial charge on any atom is 0.339 e. The van der Waals surface area contributed by atoms with Crippen LogP contribution in [0, 0.1) is 10.1 Å². The Hall–Kier alpha value is -2.78. The molecule has 1 aliphatic heterocycles. The molecule has 1 aliphatic rings. The SMILES string of the molecule is CCOC(=O)C1(C(=O)OCC)N[C@H](c2ccccc2)[C@@H]([N+](=O)[O-])[C@@H]1c1ccccc1Br. The van der Waals surface area contributed by atoms with Crippen LogP contribution >= 0.6 is 15.9 Å². The summed E-state index contributed by atoms with van der Waals surface area (Å²) in [7, 11) is 0. The van der Waals surface area contributed by atoms with Gasteiger partial charge in [0.15, 0.2) is 0 Å². The summed E-state index contributed by atoms with van der Waals surface area (Å²) in [6.45, 7) is 3.23. The van der Waals surface area contributed by atoms with Crippen LogP contribution in [0.3, 0.4) is 0 Å². The first kappa shape index (κ1) is 22.9. The van der Waals surface area contributed by atoms with E-state index in [4.69, 9.17) is 9.47 Å². The third-order valence-corrected chi connectivity index (χ3v) is 6.09. The van der Waals surface area contributed by atoms with Crippen LogP contribution in [0.25, 0.3) is 0 Å². The fraction of sp³-hybridized carbons (Fsp3) is 0.364. The molecule has 2 aromatic rings. The smallest absolute Gasteiger partial charge is 0.339 e. The Kier molecular flexibility index (Phi) is 7.07. The van der Waals surface area contributed by atoms with Crippen molar-refractivity contribution in [2.75, 3.05) is 13.2 Å². The highest BCUT2D eigenvalue weighted by atomic mass is 79.9. The first-order chi connectivity index (χ1) is 14.9. The minimum absolute atomic E-state index is 0.00345. The number of hydrogen-bond donors (Lipinski definition) is 1. The van der Waals surface area contributed by atoms with Crippen molar-refractivity contribution in [1.29, 1.82) is 0 Å². The van der Waals surface area contributed by atoms with Gasteiger partial charge in [0.05, 0.1) is 19.1 Å². The molecule has 164 valence electrons. The molecule has 1 saturated heterocycles. The van der Waals surface area contributed by atoms with Gasteiger partial charge in [0.1, 0.15) is 6.04 Å². The van der Waals surface area contributed by atoms with Gasteiger partial charge in [0.2, 0.25) is 11.6 Å². The first-order valence-corrected chi connectivity index (χ1v) is 10.7. The summed E-state index contributed by atoms with van der Waals surface area (Å²) in [5.41, 5.74) is -1.07. The molecule has 1 heterocycles. The normalized spacial score (nSPS) is 22.0. The highest BCUT2D eigenvalue weighted by Gasteiger charge is 2.69. The second kappa shape index (κ2) is 9.57. The van der Waals surface area contributed by atoms with Crippen LogP contribution in [-0.2, 0) is 19.1 Å². The van der Waals surface area contributed by atoms with Crippen molar-refractivity contribution in [3.05, 3.63) is 80.3 Å². The van der Waals surface area contributed by atoms with Crippen LogP contribution in [0.2, 0.25) is 0 Å². The van der Waals surface area contributed by atoms with E-state index in [1.807, 2.05) is 0 Å². The summed E-state index contributed by atoms with van der Waals surface area (Å²) in [6, 6.07) is 13.3. The molecule has 0 amide bonds. The van der Waals surface area contributed by atoms with E-state index in [0.717, 1.165) is 0 Å². The van der Waals surface area contributed by atoms with E-state index < -0.39 is 40.4 Å². The number of nitrogens with one attached hydrogen (secondary N) is 1. The molecule has 1 fully saturated rings. The van der Waals surface area contributed by atoms with Gasteiger partial charge in [0.25, 0.3) is 0 Å². The molecule has 3 rings (SSSR count). The van der Waals surface area contributed by atoms with Crippen molar-refractivity contribution < 1.29 is 24.0 Å². The van der Waals surface area contributed by atoms with Crippen LogP contribution in [-0.4, -0.2) is 41.7 Å². The lowest BCUT2D eigenvalue weighted by molar-refractivity contribution is -0.527. The fourth-order valence-electron chi connectivity index (χ4n) is 4.14. The number of nitrogens with zero attached hydrogens (tertiary/aromatic N) is 1. The number of rotatable bonds is 7. The zero-order valence-corrected chi connectivity index (χ0v) is 18.7. The second-order valence-electron chi connectivity index (χ2n) is 7.06. The standard InChI is InChI=1S/C22H23BrN2O6/c1-3-30-20(26)22(21(27)31-4-2)17(15-12-8-9-13-16(15)23)19(25(28)29)18(24-22)14-10-6-5-7-11-14/h5-13,17-19,24H,3-4H2,1-2H3/t17-,18+,19-/m0/s1. The van der Waals surface area contributed by atoms with E-state index in [-0.39, 0.29) is 13.2 Å². The monoisotopic (exact) mass is 490 g/mol. The van der Waals surface area contributed by atoms with E-state index in [9.17, 15) is 19.7 Å². The minimum Gasteiger partial charge on any atom is -0.464 e. The molecule has 8 nitrogen and oxygen atoms in total. The zero-order valence-electron chi connectivity index (χ0n) is 17.1. The molecule has 9 heteroatoms. The molecule has 0 radical (unpaired) electrons. The average molecular weight is 491 g/mol. The van der Waals surface area contributed by atoms with Gasteiger partial charge in [-0.05, 0) is 31.0 Å². The molecule has 31 heavy (non-hydrogen) atoms. The van der Waals surface area contributed by atoms with E-state index in [1.54, 1.807) is 68.4 Å². The Balaban J connectivity index is 2.31. The molecule has 3 atom stereocenters. The van der Waals surface area contributed by atoms with Crippen LogP contribution < -0.4 is 5.32 Å². The van der Waals surface area contributed by atoms with Crippen LogP contribution in [0.4, 0.5) is 0 Å². The summed E-state index contributed by atoms with van der Waals surface area (Å²) >= 11 is 3.43. The lowest BCUT2D eigenvalue weighted by Gasteiger charge is -2.31. The van der Waals surface area contributed by atoms with Crippen molar-refractivity contribution in [2.45, 2.75) is 37.4 Å². The maximum atomic E-state index is 13.3. The predicted octanol–water partition coefficient (Wildman–Crippen LogP) is 3.39. The number of halogens is 1. The van der Waals surface area contributed by atoms with Crippen molar-refractivity contribution in [3.8, 4) is 0 Å². The Morgan fingerprint density at radius 1 is 1.03 bits per heavy atom. The van der Waals surface area contributed by atoms with Gasteiger partial charge in [-0.15, -0.1) is 0 Å². The number of ether oxygens (including phenoxy) is 2. The van der Waals surface area contributed by atoms with Gasteiger partial charge in [0, 0.05) is 9.40 Å². The van der Waals surface area contributed by atoms with Crippen LogP contribution in [0.5, 0.6) is 0 Å². The second-order valence-corrected chi connectivity index (χ2v) is 7.91. The molecular formula is C22H23BrN2O6. The summed E-state index contributed by atoms with van der Waals surface area (Å²) in [5, 5.41) is 15.4. The van der Waals surface area contributed by atoms with Gasteiger partial charge in [-0.2, -0.15) is 0 Å². The number of hydrogen-bond acceptors (Lipinski definition) is 7. The molecule has 2 aromatic carbocycles. The topological polar surface area (TPSA) is 108 Å². The molecule has 1 N–H and O–H groups in total. The lowest BCUT2D eigenvalue weighted by Crippen LogP contribution is -2.60. The molecule has 0 bridgehead atoms. The van der Waals surface area contributed by atoms with Crippen molar-refractivity contribution >= 4 is 27.9 Å². The van der Waals surface area contributed by atoms with Gasteiger partial charge in [-0.25, -0.2) is 9.59 Å². The van der Waals surface area contributed by atoms with Gasteiger partial charge >= 0.3 is 11.9 Å². The summed E-state index contributed by atoms with van der Waals surface area (Å²) in [6.07, 6.45) is 0. The van der Waals surface area contributed by atoms with Gasteiger partial charge < -0.3 is 9.47 Å². The first-order valence-electron chi connectivity index (χ1n) is 9.93. The largest absolute Gasteiger partial charge is 0.464 e. The Labute approximate surface area is 188 Å². The number of carbonyl (C=O) groups excluding carboxylic acids is 2. The van der Waals surface area contributed by atoms with Crippen LogP contribution in [0.1, 0.15) is 36.9 Å². The molecule has 0 unspecified atom stereocenters. The predicted molar refractivity (Wildman–Crippen MR) is 116 cm³/mol. The van der Waals surface area contributed by atoms with Crippen LogP contribution in [0.15, 0.2) is 59.1 Å². The number of nitro groups is 1. The average Bonchev–Trinajstić information content (AvgIpc) is 3.12. The molecule has 0 aromatic heterocycles. The molecule has 0 spiro atoms. The highest BCUT2D eigenvalue weighted by Crippen LogP contribution is 2.48. The van der Waals surface area contributed by atoms with Gasteiger partial charge in [-0.3, -0.25) is 15.4 Å². The number of esters is 2. The quantitative estimate of drug-likeness (QED) is 0.274. The molecule has 0 saturated carbocycles. The van der Waals surface area contributed by atoms with Crippen molar-refractivity contribution in [2.24, 2.45) is 0 Å². The fourth-order valence-corrected chi connectivity index (χ4v) is 4.67. The van der Waals surface area contributed by atoms with Crippen molar-refractivity contribution in [1.82, 2.24) is 5.32 Å². The maximum absolute atomic E-state index is 13.3. The highest BCUT2D eigenvalue weighted by molar-refractivity contribution is 9.10. The Morgan fingerprint density at radius 2 is 1.58 bits per heavy atom. The number of carbonyl (C=O) groups is 2. The third kappa shape index (κ3) is 4.07. The third-order valence-electron chi connectivity index (χ3n) is 5.37. The summed E-state index contributed by atoms with van der Waals surface area (Å²) < 4.78 is 11.1. The number of benzene rings is 2. The van der Waals surface area contributed by atoms with Crippen molar-refractivity contribution in [3.63, 3.8) is 0 Å². The van der Waals surface area contributed by atoms with E-state index in [1.165, 1.54) is 0 Å². The zero-order chi connectivity index (χ0) is 22.6. The Morgan fingerprint density at radius 3 is 2.10 bits per heavy atom. The molecule has 0 aliphatic carbocycles. The summed E-state index contributed by atoms with van der Waals surface area (Å²) in [5.74, 6) is -2.99. The van der Waals surface area contributed by atoms with E-state index >= 15 is 0 Å². The lowest BCUT2D eigenvalue weighted by atomic mass is 9.77. The minimum atomic E-state index is -2.09. The van der Waals surface area contributed by atoms with Gasteiger partial charge in [-0.1, -0.05) is 64.5 Å². The van der Waals surface area contributed by atoms with E-state index in [2.05, 4.69) is 21.2 Å². The molecular weight excluding hydrogens is 468 g/mol. The summed E-state index contributed by atoms with van der Waals surface area (Å²) in [4.78, 5) is 38.5. The van der Waals surface area contributed by atoms with E-state index in [0.29, 0.717) is 15.6 Å². The Bertz CT molecular complexity index is 949.